The van der Waals surface area contributed by atoms with Crippen molar-refractivity contribution < 1.29 is 18.7 Å². The summed E-state index contributed by atoms with van der Waals surface area (Å²) >= 11 is 0. The molecule has 0 saturated carbocycles. The second-order valence-corrected chi connectivity index (χ2v) is 4.17. The third-order valence-corrected chi connectivity index (χ3v) is 2.55. The number of halogens is 2. The molecule has 100 valence electrons. The third-order valence-electron chi connectivity index (χ3n) is 2.55. The van der Waals surface area contributed by atoms with Crippen LogP contribution in [0.2, 0.25) is 0 Å². The lowest BCUT2D eigenvalue weighted by Crippen LogP contribution is -2.39. The molecule has 1 aromatic carbocycles. The Balaban J connectivity index is 3.09. The molecule has 0 aliphatic rings. The van der Waals surface area contributed by atoms with Crippen molar-refractivity contribution in [2.45, 2.75) is 19.9 Å². The second-order valence-electron chi connectivity index (χ2n) is 4.17. The van der Waals surface area contributed by atoms with Gasteiger partial charge in [0.15, 0.2) is 0 Å². The molecule has 0 spiro atoms. The number of nitrogens with two attached hydrogens (primary N) is 1. The average Bonchev–Trinajstić information content (AvgIpc) is 2.31. The number of hydrogen-bond donors (Lipinski definition) is 2. The summed E-state index contributed by atoms with van der Waals surface area (Å²) in [4.78, 5) is 13.4. The Morgan fingerprint density at radius 2 is 1.89 bits per heavy atom. The van der Waals surface area contributed by atoms with Crippen molar-refractivity contribution in [2.24, 2.45) is 0 Å². The van der Waals surface area contributed by atoms with Crippen molar-refractivity contribution in [3.05, 3.63) is 29.3 Å². The Morgan fingerprint density at radius 1 is 1.39 bits per heavy atom. The SMILES string of the molecule is CC(C)N(CCO)C(=O)c1cc(F)c(N)c(F)c1. The number of carbonyl (C=O) groups excluding carboxylic acids is 1. The third kappa shape index (κ3) is 2.95. The van der Waals surface area contributed by atoms with Crippen LogP contribution in [0.1, 0.15) is 24.2 Å². The second kappa shape index (κ2) is 5.77. The van der Waals surface area contributed by atoms with Gasteiger partial charge in [-0.15, -0.1) is 0 Å². The molecular formula is C12H16F2N2O2. The number of amides is 1. The Kier molecular flexibility index (Phi) is 4.61. The minimum absolute atomic E-state index is 0.101. The molecule has 1 rings (SSSR count). The maximum atomic E-state index is 13.3. The first-order valence-electron chi connectivity index (χ1n) is 5.54. The molecule has 0 radical (unpaired) electrons. The molecule has 6 heteroatoms. The zero-order valence-corrected chi connectivity index (χ0v) is 10.3. The van der Waals surface area contributed by atoms with E-state index in [0.717, 1.165) is 12.1 Å². The van der Waals surface area contributed by atoms with Crippen LogP contribution in [0.5, 0.6) is 0 Å². The molecule has 0 aliphatic heterocycles. The van der Waals surface area contributed by atoms with Gasteiger partial charge in [-0.3, -0.25) is 4.79 Å². The summed E-state index contributed by atoms with van der Waals surface area (Å²) in [5, 5.41) is 8.87. The molecule has 0 unspecified atom stereocenters. The first kappa shape index (κ1) is 14.4. The molecular weight excluding hydrogens is 242 g/mol. The van der Waals surface area contributed by atoms with Crippen molar-refractivity contribution >= 4 is 11.6 Å². The van der Waals surface area contributed by atoms with Crippen LogP contribution in [0, 0.1) is 11.6 Å². The number of aliphatic hydroxyl groups is 1. The zero-order chi connectivity index (χ0) is 13.9. The number of aliphatic hydroxyl groups excluding tert-OH is 1. The standard InChI is InChI=1S/C12H16F2N2O2/c1-7(2)16(3-4-17)12(18)8-5-9(13)11(15)10(14)6-8/h5-7,17H,3-4,15H2,1-2H3. The van der Waals surface area contributed by atoms with E-state index in [0.29, 0.717) is 0 Å². The van der Waals surface area contributed by atoms with E-state index in [9.17, 15) is 13.6 Å². The minimum Gasteiger partial charge on any atom is -0.395 e. The van der Waals surface area contributed by atoms with Gasteiger partial charge in [0.2, 0.25) is 0 Å². The van der Waals surface area contributed by atoms with Gasteiger partial charge in [0.1, 0.15) is 17.3 Å². The minimum atomic E-state index is -0.967. The fourth-order valence-corrected chi connectivity index (χ4v) is 1.58. The van der Waals surface area contributed by atoms with Crippen molar-refractivity contribution in [3.63, 3.8) is 0 Å². The van der Waals surface area contributed by atoms with Crippen LogP contribution in [0.4, 0.5) is 14.5 Å². The van der Waals surface area contributed by atoms with Crippen LogP contribution in [0.15, 0.2) is 12.1 Å². The Morgan fingerprint density at radius 3 is 2.28 bits per heavy atom. The summed E-state index contributed by atoms with van der Waals surface area (Å²) in [5.41, 5.74) is 4.40. The fourth-order valence-electron chi connectivity index (χ4n) is 1.58. The maximum absolute atomic E-state index is 13.3. The largest absolute Gasteiger partial charge is 0.395 e. The molecule has 3 N–H and O–H groups in total. The number of benzene rings is 1. The first-order chi connectivity index (χ1) is 8.38. The van der Waals surface area contributed by atoms with E-state index in [2.05, 4.69) is 0 Å². The predicted octanol–water partition coefficient (Wildman–Crippen LogP) is 1.39. The highest BCUT2D eigenvalue weighted by Crippen LogP contribution is 2.19. The van der Waals surface area contributed by atoms with Gasteiger partial charge in [-0.05, 0) is 26.0 Å². The average molecular weight is 258 g/mol. The maximum Gasteiger partial charge on any atom is 0.254 e. The van der Waals surface area contributed by atoms with Gasteiger partial charge in [0.25, 0.3) is 5.91 Å². The molecule has 0 aliphatic carbocycles. The van der Waals surface area contributed by atoms with E-state index in [4.69, 9.17) is 10.8 Å². The van der Waals surface area contributed by atoms with Gasteiger partial charge >= 0.3 is 0 Å². The van der Waals surface area contributed by atoms with E-state index in [-0.39, 0.29) is 24.8 Å². The summed E-state index contributed by atoms with van der Waals surface area (Å²) in [6.07, 6.45) is 0. The number of anilines is 1. The number of nitrogen functional groups attached to an aromatic ring is 1. The molecule has 0 aromatic heterocycles. The van der Waals surface area contributed by atoms with E-state index in [1.54, 1.807) is 13.8 Å². The number of rotatable bonds is 4. The Hall–Kier alpha value is -1.69. The topological polar surface area (TPSA) is 66.6 Å². The fraction of sp³-hybridized carbons (Fsp3) is 0.417. The molecule has 0 bridgehead atoms. The number of carbonyl (C=O) groups is 1. The van der Waals surface area contributed by atoms with Gasteiger partial charge in [-0.2, -0.15) is 0 Å². The molecule has 18 heavy (non-hydrogen) atoms. The van der Waals surface area contributed by atoms with Crippen LogP contribution in [0.25, 0.3) is 0 Å². The lowest BCUT2D eigenvalue weighted by atomic mass is 10.1. The van der Waals surface area contributed by atoms with E-state index in [1.165, 1.54) is 4.90 Å². The normalized spacial score (nSPS) is 10.8. The van der Waals surface area contributed by atoms with Gasteiger partial charge in [-0.1, -0.05) is 0 Å². The highest BCUT2D eigenvalue weighted by Gasteiger charge is 2.20. The van der Waals surface area contributed by atoms with E-state index in [1.807, 2.05) is 0 Å². The van der Waals surface area contributed by atoms with Crippen molar-refractivity contribution in [2.75, 3.05) is 18.9 Å². The van der Waals surface area contributed by atoms with Crippen LogP contribution >= 0.6 is 0 Å². The summed E-state index contributed by atoms with van der Waals surface area (Å²) in [6.45, 7) is 3.38. The summed E-state index contributed by atoms with van der Waals surface area (Å²) < 4.78 is 26.5. The number of hydrogen-bond acceptors (Lipinski definition) is 3. The van der Waals surface area contributed by atoms with Gasteiger partial charge in [-0.25, -0.2) is 8.78 Å². The Labute approximate surface area is 104 Å². The summed E-state index contributed by atoms with van der Waals surface area (Å²) in [6, 6.07) is 1.61. The summed E-state index contributed by atoms with van der Waals surface area (Å²) in [5.74, 6) is -2.48. The molecule has 4 nitrogen and oxygen atoms in total. The van der Waals surface area contributed by atoms with Crippen LogP contribution in [0.3, 0.4) is 0 Å². The molecule has 0 fully saturated rings. The lowest BCUT2D eigenvalue weighted by molar-refractivity contribution is 0.0664. The molecule has 1 amide bonds. The van der Waals surface area contributed by atoms with Crippen LogP contribution < -0.4 is 5.73 Å². The lowest BCUT2D eigenvalue weighted by Gasteiger charge is -2.26. The molecule has 0 saturated heterocycles. The zero-order valence-electron chi connectivity index (χ0n) is 10.3. The Bertz CT molecular complexity index is 427. The number of nitrogens with zero attached hydrogens (tertiary/aromatic N) is 1. The molecule has 0 heterocycles. The van der Waals surface area contributed by atoms with Crippen molar-refractivity contribution in [1.82, 2.24) is 4.90 Å². The van der Waals surface area contributed by atoms with Gasteiger partial charge in [0, 0.05) is 18.2 Å². The quantitative estimate of drug-likeness (QED) is 0.802. The monoisotopic (exact) mass is 258 g/mol. The van der Waals surface area contributed by atoms with Crippen LogP contribution in [-0.4, -0.2) is 35.1 Å². The molecule has 1 aromatic rings. The van der Waals surface area contributed by atoms with Crippen molar-refractivity contribution in [1.29, 1.82) is 0 Å². The van der Waals surface area contributed by atoms with Gasteiger partial charge < -0.3 is 15.7 Å². The molecule has 0 atom stereocenters. The van der Waals surface area contributed by atoms with E-state index < -0.39 is 23.2 Å². The summed E-state index contributed by atoms with van der Waals surface area (Å²) in [7, 11) is 0. The predicted molar refractivity (Wildman–Crippen MR) is 64.0 cm³/mol. The van der Waals surface area contributed by atoms with Crippen LogP contribution in [-0.2, 0) is 0 Å². The highest BCUT2D eigenvalue weighted by molar-refractivity contribution is 5.94. The smallest absolute Gasteiger partial charge is 0.254 e. The highest BCUT2D eigenvalue weighted by atomic mass is 19.1. The van der Waals surface area contributed by atoms with E-state index >= 15 is 0 Å². The van der Waals surface area contributed by atoms with Gasteiger partial charge in [0.05, 0.1) is 6.61 Å². The van der Waals surface area contributed by atoms with Crippen molar-refractivity contribution in [3.8, 4) is 0 Å². The first-order valence-corrected chi connectivity index (χ1v) is 5.54.